The molecule has 1 aliphatic rings. The Morgan fingerprint density at radius 2 is 2.16 bits per heavy atom. The summed E-state index contributed by atoms with van der Waals surface area (Å²) in [6.45, 7) is 2.53. The van der Waals surface area contributed by atoms with Crippen LogP contribution in [0.15, 0.2) is 0 Å². The zero-order chi connectivity index (χ0) is 14.3. The van der Waals surface area contributed by atoms with Gasteiger partial charge in [-0.15, -0.1) is 0 Å². The van der Waals surface area contributed by atoms with Gasteiger partial charge in [0.05, 0.1) is 6.04 Å². The van der Waals surface area contributed by atoms with E-state index in [9.17, 15) is 19.2 Å². The average Bonchev–Trinajstić information content (AvgIpc) is 2.90. The fourth-order valence-corrected chi connectivity index (χ4v) is 2.24. The molecule has 19 heavy (non-hydrogen) atoms. The number of aldehydes is 1. The largest absolute Gasteiger partial charge is 0.344 e. The minimum Gasteiger partial charge on any atom is -0.344 e. The van der Waals surface area contributed by atoms with E-state index in [4.69, 9.17) is 0 Å². The highest BCUT2D eigenvalue weighted by atomic mass is 16.2. The van der Waals surface area contributed by atoms with E-state index in [0.29, 0.717) is 25.8 Å². The van der Waals surface area contributed by atoms with Gasteiger partial charge in [-0.2, -0.15) is 0 Å². The molecule has 2 unspecified atom stereocenters. The predicted molar refractivity (Wildman–Crippen MR) is 68.3 cm³/mol. The topological polar surface area (TPSA) is 83.6 Å². The van der Waals surface area contributed by atoms with Crippen LogP contribution >= 0.6 is 0 Å². The maximum absolute atomic E-state index is 12.0. The fourth-order valence-electron chi connectivity index (χ4n) is 2.24. The van der Waals surface area contributed by atoms with Crippen LogP contribution in [0.1, 0.15) is 39.0 Å². The Morgan fingerprint density at radius 1 is 1.42 bits per heavy atom. The molecule has 1 rings (SSSR count). The Morgan fingerprint density at radius 3 is 2.74 bits per heavy atom. The van der Waals surface area contributed by atoms with Gasteiger partial charge in [0.25, 0.3) is 0 Å². The van der Waals surface area contributed by atoms with Gasteiger partial charge in [-0.05, 0) is 19.3 Å². The molecule has 0 aliphatic carbocycles. The molecule has 1 heterocycles. The van der Waals surface area contributed by atoms with E-state index in [0.717, 1.165) is 19.3 Å². The molecule has 6 nitrogen and oxygen atoms in total. The van der Waals surface area contributed by atoms with E-state index in [1.165, 1.54) is 4.90 Å². The van der Waals surface area contributed by atoms with Crippen molar-refractivity contribution < 1.29 is 19.2 Å². The van der Waals surface area contributed by atoms with Gasteiger partial charge in [-0.1, -0.05) is 19.8 Å². The lowest BCUT2D eigenvalue weighted by Crippen LogP contribution is -2.49. The van der Waals surface area contributed by atoms with Crippen molar-refractivity contribution in [2.75, 3.05) is 6.54 Å². The Labute approximate surface area is 112 Å². The molecule has 1 saturated heterocycles. The highest BCUT2D eigenvalue weighted by molar-refractivity contribution is 6.27. The summed E-state index contributed by atoms with van der Waals surface area (Å²) in [6.07, 6.45) is 4.35. The van der Waals surface area contributed by atoms with Crippen LogP contribution in [-0.2, 0) is 19.2 Å². The lowest BCUT2D eigenvalue weighted by atomic mass is 10.1. The quantitative estimate of drug-likeness (QED) is 0.498. The monoisotopic (exact) mass is 268 g/mol. The van der Waals surface area contributed by atoms with Crippen molar-refractivity contribution in [2.24, 2.45) is 0 Å². The molecule has 0 aromatic carbocycles. The van der Waals surface area contributed by atoms with Crippen LogP contribution in [0.25, 0.3) is 0 Å². The molecule has 0 aromatic rings. The summed E-state index contributed by atoms with van der Waals surface area (Å²) in [5.41, 5.74) is 0. The minimum absolute atomic E-state index is 0.243. The van der Waals surface area contributed by atoms with Crippen molar-refractivity contribution in [1.82, 2.24) is 10.2 Å². The standard InChI is InChI=1S/C13H20N2O4/c1-2-3-5-10(12(18)8-16)14-13(19)11-6-4-7-15(11)9-17/h8-11H,2-7H2,1H3,(H,14,19). The van der Waals surface area contributed by atoms with Crippen molar-refractivity contribution in [3.8, 4) is 0 Å². The van der Waals surface area contributed by atoms with Crippen LogP contribution < -0.4 is 5.32 Å². The Bertz CT molecular complexity index is 357. The summed E-state index contributed by atoms with van der Waals surface area (Å²) in [5.74, 6) is -0.960. The summed E-state index contributed by atoms with van der Waals surface area (Å²) in [4.78, 5) is 46.3. The first-order valence-corrected chi connectivity index (χ1v) is 6.64. The number of nitrogens with zero attached hydrogens (tertiary/aromatic N) is 1. The first kappa shape index (κ1) is 15.3. The fraction of sp³-hybridized carbons (Fsp3) is 0.692. The third kappa shape index (κ3) is 4.15. The predicted octanol–water partition coefficient (Wildman–Crippen LogP) is 0.0502. The van der Waals surface area contributed by atoms with Gasteiger partial charge in [0.2, 0.25) is 18.1 Å². The molecular formula is C13H20N2O4. The Kier molecular flexibility index (Phi) is 6.18. The van der Waals surface area contributed by atoms with Crippen LogP contribution in [-0.4, -0.2) is 47.9 Å². The van der Waals surface area contributed by atoms with Crippen LogP contribution in [0.5, 0.6) is 0 Å². The second kappa shape index (κ2) is 7.66. The van der Waals surface area contributed by atoms with E-state index >= 15 is 0 Å². The summed E-state index contributed by atoms with van der Waals surface area (Å²) in [5, 5.41) is 2.59. The molecule has 0 spiro atoms. The first-order valence-electron chi connectivity index (χ1n) is 6.64. The number of carbonyl (C=O) groups is 4. The number of ketones is 1. The van der Waals surface area contributed by atoms with E-state index in [-0.39, 0.29) is 12.2 Å². The number of amides is 2. The molecule has 2 atom stereocenters. The number of unbranched alkanes of at least 4 members (excludes halogenated alkanes) is 1. The molecule has 0 radical (unpaired) electrons. The van der Waals surface area contributed by atoms with Crippen LogP contribution in [0.3, 0.4) is 0 Å². The Balaban J connectivity index is 2.61. The molecule has 1 aliphatic heterocycles. The number of Topliss-reactive ketones (excluding diaryl/α,β-unsaturated/α-hetero) is 1. The van der Waals surface area contributed by atoms with Crippen molar-refractivity contribution in [3.63, 3.8) is 0 Å². The molecular weight excluding hydrogens is 248 g/mol. The van der Waals surface area contributed by atoms with Gasteiger partial charge in [0.15, 0.2) is 6.29 Å². The van der Waals surface area contributed by atoms with Crippen LogP contribution in [0.2, 0.25) is 0 Å². The van der Waals surface area contributed by atoms with Crippen molar-refractivity contribution in [3.05, 3.63) is 0 Å². The highest BCUT2D eigenvalue weighted by Gasteiger charge is 2.31. The van der Waals surface area contributed by atoms with E-state index < -0.39 is 17.9 Å². The SMILES string of the molecule is CCCCC(NC(=O)C1CCCN1C=O)C(=O)C=O. The van der Waals surface area contributed by atoms with Crippen molar-refractivity contribution in [1.29, 1.82) is 0 Å². The van der Waals surface area contributed by atoms with Crippen LogP contribution in [0, 0.1) is 0 Å². The summed E-state index contributed by atoms with van der Waals surface area (Å²) < 4.78 is 0. The van der Waals surface area contributed by atoms with Crippen molar-refractivity contribution in [2.45, 2.75) is 51.1 Å². The normalized spacial score (nSPS) is 19.8. The third-order valence-corrected chi connectivity index (χ3v) is 3.35. The second-order valence-electron chi connectivity index (χ2n) is 4.72. The minimum atomic E-state index is -0.765. The number of rotatable bonds is 8. The van der Waals surface area contributed by atoms with Gasteiger partial charge >= 0.3 is 0 Å². The van der Waals surface area contributed by atoms with E-state index in [1.54, 1.807) is 0 Å². The zero-order valence-electron chi connectivity index (χ0n) is 11.1. The lowest BCUT2D eigenvalue weighted by Gasteiger charge is -2.22. The van der Waals surface area contributed by atoms with Gasteiger partial charge in [-0.25, -0.2) is 0 Å². The molecule has 0 saturated carbocycles. The summed E-state index contributed by atoms with van der Waals surface area (Å²) in [6, 6.07) is -1.28. The average molecular weight is 268 g/mol. The first-order chi connectivity index (χ1) is 9.13. The lowest BCUT2D eigenvalue weighted by molar-refractivity contribution is -0.136. The number of nitrogens with one attached hydrogen (secondary N) is 1. The summed E-state index contributed by atoms with van der Waals surface area (Å²) in [7, 11) is 0. The molecule has 6 heteroatoms. The van der Waals surface area contributed by atoms with Gasteiger partial charge in [0, 0.05) is 6.54 Å². The number of hydrogen-bond donors (Lipinski definition) is 1. The maximum Gasteiger partial charge on any atom is 0.243 e. The number of likely N-dealkylation sites (tertiary alicyclic amines) is 1. The molecule has 2 amide bonds. The van der Waals surface area contributed by atoms with E-state index in [1.807, 2.05) is 6.92 Å². The third-order valence-electron chi connectivity index (χ3n) is 3.35. The second-order valence-corrected chi connectivity index (χ2v) is 4.72. The number of carbonyl (C=O) groups excluding carboxylic acids is 4. The van der Waals surface area contributed by atoms with Crippen LogP contribution in [0.4, 0.5) is 0 Å². The Hall–Kier alpha value is -1.72. The van der Waals surface area contributed by atoms with Crippen molar-refractivity contribution >= 4 is 24.4 Å². The molecule has 0 bridgehead atoms. The molecule has 1 N–H and O–H groups in total. The highest BCUT2D eigenvalue weighted by Crippen LogP contribution is 2.15. The van der Waals surface area contributed by atoms with Gasteiger partial charge in [0.1, 0.15) is 6.04 Å². The van der Waals surface area contributed by atoms with Gasteiger partial charge < -0.3 is 10.2 Å². The van der Waals surface area contributed by atoms with E-state index in [2.05, 4.69) is 5.32 Å². The summed E-state index contributed by atoms with van der Waals surface area (Å²) >= 11 is 0. The zero-order valence-corrected chi connectivity index (χ0v) is 11.1. The smallest absolute Gasteiger partial charge is 0.243 e. The molecule has 1 fully saturated rings. The molecule has 0 aromatic heterocycles. The maximum atomic E-state index is 12.0. The number of hydrogen-bond acceptors (Lipinski definition) is 4. The molecule has 106 valence electrons. The van der Waals surface area contributed by atoms with Gasteiger partial charge in [-0.3, -0.25) is 19.2 Å².